The van der Waals surface area contributed by atoms with E-state index in [0.717, 1.165) is 22.1 Å². The Kier molecular flexibility index (Phi) is 3.35. The van der Waals surface area contributed by atoms with Gasteiger partial charge in [-0.1, -0.05) is 24.3 Å². The Bertz CT molecular complexity index is 839. The van der Waals surface area contributed by atoms with Crippen molar-refractivity contribution in [1.82, 2.24) is 4.98 Å². The number of benzene rings is 2. The van der Waals surface area contributed by atoms with Crippen LogP contribution in [0.3, 0.4) is 0 Å². The molecule has 106 valence electrons. The number of rotatable bonds is 3. The molecule has 0 aliphatic heterocycles. The number of aromatic nitrogens is 1. The zero-order valence-corrected chi connectivity index (χ0v) is 12.4. The van der Waals surface area contributed by atoms with Gasteiger partial charge in [0.2, 0.25) is 0 Å². The lowest BCUT2D eigenvalue weighted by molar-refractivity contribution is 0.0690. The van der Waals surface area contributed by atoms with Crippen LogP contribution in [0.2, 0.25) is 0 Å². The van der Waals surface area contributed by atoms with Crippen LogP contribution in [-0.2, 0) is 0 Å². The molecule has 3 aromatic rings. The molecule has 21 heavy (non-hydrogen) atoms. The number of fused-ring (bicyclic) bond motifs is 1. The zero-order valence-electron chi connectivity index (χ0n) is 11.6. The van der Waals surface area contributed by atoms with Gasteiger partial charge in [0.25, 0.3) is 0 Å². The van der Waals surface area contributed by atoms with Crippen molar-refractivity contribution in [2.24, 2.45) is 0 Å². The van der Waals surface area contributed by atoms with E-state index in [1.807, 2.05) is 36.4 Å². The largest absolute Gasteiger partial charge is 0.496 e. The van der Waals surface area contributed by atoms with Gasteiger partial charge in [0.05, 0.1) is 7.11 Å². The second-order valence-corrected chi connectivity index (χ2v) is 5.79. The minimum absolute atomic E-state index is 0.120. The summed E-state index contributed by atoms with van der Waals surface area (Å²) in [7, 11) is 1.64. The third-order valence-corrected chi connectivity index (χ3v) is 4.34. The molecule has 0 amide bonds. The fourth-order valence-electron chi connectivity index (χ4n) is 2.35. The van der Waals surface area contributed by atoms with Crippen molar-refractivity contribution in [3.63, 3.8) is 0 Å². The summed E-state index contributed by atoms with van der Waals surface area (Å²) in [5.41, 5.74) is 1.04. The fourth-order valence-corrected chi connectivity index (χ4v) is 3.29. The molecule has 1 aromatic heterocycles. The number of aromatic carboxylic acids is 1. The second-order valence-electron chi connectivity index (χ2n) is 4.59. The molecule has 0 saturated heterocycles. The normalized spacial score (nSPS) is 10.8. The first-order valence-electron chi connectivity index (χ1n) is 6.38. The number of hydrogen-bond acceptors (Lipinski definition) is 4. The summed E-state index contributed by atoms with van der Waals surface area (Å²) in [4.78, 5) is 16.1. The van der Waals surface area contributed by atoms with E-state index in [1.54, 1.807) is 14.0 Å². The molecule has 0 spiro atoms. The fraction of sp³-hybridized carbons (Fsp3) is 0.125. The third kappa shape index (κ3) is 2.25. The zero-order chi connectivity index (χ0) is 15.0. The molecule has 0 atom stereocenters. The number of carboxylic acids is 1. The molecule has 0 fully saturated rings. The predicted octanol–water partition coefficient (Wildman–Crippen LogP) is 3.98. The first-order chi connectivity index (χ1) is 10.1. The Morgan fingerprint density at radius 2 is 1.90 bits per heavy atom. The number of carbonyl (C=O) groups is 1. The van der Waals surface area contributed by atoms with Crippen molar-refractivity contribution >= 4 is 28.1 Å². The van der Waals surface area contributed by atoms with Crippen LogP contribution in [0.5, 0.6) is 5.75 Å². The van der Waals surface area contributed by atoms with Crippen molar-refractivity contribution in [2.45, 2.75) is 6.92 Å². The molecule has 3 rings (SSSR count). The molecule has 5 heteroatoms. The van der Waals surface area contributed by atoms with Crippen LogP contribution < -0.4 is 4.74 Å². The summed E-state index contributed by atoms with van der Waals surface area (Å²) in [6.07, 6.45) is 0. The van der Waals surface area contributed by atoms with Gasteiger partial charge in [0, 0.05) is 15.8 Å². The number of ether oxygens (including phenoxy) is 1. The lowest BCUT2D eigenvalue weighted by Crippen LogP contribution is -1.98. The molecule has 2 aromatic carbocycles. The molecule has 0 bridgehead atoms. The van der Waals surface area contributed by atoms with E-state index in [2.05, 4.69) is 4.98 Å². The summed E-state index contributed by atoms with van der Waals surface area (Å²) < 4.78 is 5.37. The molecule has 0 saturated carbocycles. The SMILES string of the molecule is COc1ccc(-c2nc(C(=O)O)c(C)s2)c2ccccc12. The Morgan fingerprint density at radius 1 is 1.19 bits per heavy atom. The molecular weight excluding hydrogens is 286 g/mol. The average molecular weight is 299 g/mol. The first-order valence-corrected chi connectivity index (χ1v) is 7.20. The van der Waals surface area contributed by atoms with Crippen LogP contribution in [0.1, 0.15) is 15.4 Å². The van der Waals surface area contributed by atoms with Crippen LogP contribution in [0, 0.1) is 6.92 Å². The van der Waals surface area contributed by atoms with Gasteiger partial charge in [0.1, 0.15) is 10.8 Å². The summed E-state index contributed by atoms with van der Waals surface area (Å²) in [6.45, 7) is 1.77. The Balaban J connectivity index is 2.26. The summed E-state index contributed by atoms with van der Waals surface area (Å²) in [5.74, 6) is -0.200. The molecule has 0 aliphatic carbocycles. The second kappa shape index (κ2) is 5.18. The van der Waals surface area contributed by atoms with E-state index in [4.69, 9.17) is 9.84 Å². The van der Waals surface area contributed by atoms with Crippen molar-refractivity contribution in [3.8, 4) is 16.3 Å². The smallest absolute Gasteiger partial charge is 0.355 e. The molecule has 1 N–H and O–H groups in total. The van der Waals surface area contributed by atoms with Crippen molar-refractivity contribution in [1.29, 1.82) is 0 Å². The number of carboxylic acid groups (broad SMARTS) is 1. The number of thiazole rings is 1. The monoisotopic (exact) mass is 299 g/mol. The average Bonchev–Trinajstić information content (AvgIpc) is 2.88. The summed E-state index contributed by atoms with van der Waals surface area (Å²) in [6, 6.07) is 11.7. The van der Waals surface area contributed by atoms with Gasteiger partial charge in [-0.3, -0.25) is 0 Å². The maximum atomic E-state index is 11.2. The van der Waals surface area contributed by atoms with E-state index >= 15 is 0 Å². The van der Waals surface area contributed by atoms with E-state index in [1.165, 1.54) is 11.3 Å². The third-order valence-electron chi connectivity index (χ3n) is 3.33. The highest BCUT2D eigenvalue weighted by molar-refractivity contribution is 7.15. The quantitative estimate of drug-likeness (QED) is 0.794. The van der Waals surface area contributed by atoms with Gasteiger partial charge in [-0.05, 0) is 24.4 Å². The highest BCUT2D eigenvalue weighted by Gasteiger charge is 2.17. The van der Waals surface area contributed by atoms with Crippen molar-refractivity contribution in [2.75, 3.05) is 7.11 Å². The summed E-state index contributed by atoms with van der Waals surface area (Å²) in [5, 5.41) is 11.8. The van der Waals surface area contributed by atoms with Gasteiger partial charge in [-0.2, -0.15) is 0 Å². The number of nitrogens with zero attached hydrogens (tertiary/aromatic N) is 1. The van der Waals surface area contributed by atoms with Crippen LogP contribution in [-0.4, -0.2) is 23.2 Å². The van der Waals surface area contributed by atoms with Gasteiger partial charge < -0.3 is 9.84 Å². The molecule has 4 nitrogen and oxygen atoms in total. The molecule has 0 unspecified atom stereocenters. The topological polar surface area (TPSA) is 59.4 Å². The number of hydrogen-bond donors (Lipinski definition) is 1. The van der Waals surface area contributed by atoms with E-state index < -0.39 is 5.97 Å². The lowest BCUT2D eigenvalue weighted by atomic mass is 10.0. The maximum Gasteiger partial charge on any atom is 0.355 e. The van der Waals surface area contributed by atoms with Crippen molar-refractivity contribution in [3.05, 3.63) is 47.0 Å². The van der Waals surface area contributed by atoms with Crippen molar-refractivity contribution < 1.29 is 14.6 Å². The van der Waals surface area contributed by atoms with Crippen LogP contribution in [0.15, 0.2) is 36.4 Å². The molecule has 0 aliphatic rings. The molecule has 0 radical (unpaired) electrons. The minimum Gasteiger partial charge on any atom is -0.496 e. The van der Waals surface area contributed by atoms with Gasteiger partial charge in [-0.15, -0.1) is 11.3 Å². The van der Waals surface area contributed by atoms with E-state index in [9.17, 15) is 4.79 Å². The highest BCUT2D eigenvalue weighted by atomic mass is 32.1. The van der Waals surface area contributed by atoms with E-state index in [0.29, 0.717) is 9.88 Å². The molecule has 1 heterocycles. The van der Waals surface area contributed by atoms with Crippen LogP contribution >= 0.6 is 11.3 Å². The van der Waals surface area contributed by atoms with Gasteiger partial charge in [0.15, 0.2) is 5.69 Å². The Morgan fingerprint density at radius 3 is 2.52 bits per heavy atom. The minimum atomic E-state index is -0.993. The van der Waals surface area contributed by atoms with Crippen LogP contribution in [0.4, 0.5) is 0 Å². The van der Waals surface area contributed by atoms with Crippen LogP contribution in [0.25, 0.3) is 21.3 Å². The summed E-state index contributed by atoms with van der Waals surface area (Å²) >= 11 is 1.39. The number of aryl methyl sites for hydroxylation is 1. The Hall–Kier alpha value is -2.40. The first kappa shape index (κ1) is 13.6. The molecular formula is C16H13NO3S. The number of methoxy groups -OCH3 is 1. The predicted molar refractivity (Wildman–Crippen MR) is 83.3 cm³/mol. The van der Waals surface area contributed by atoms with Gasteiger partial charge >= 0.3 is 5.97 Å². The van der Waals surface area contributed by atoms with E-state index in [-0.39, 0.29) is 5.69 Å². The lowest BCUT2D eigenvalue weighted by Gasteiger charge is -2.08. The Labute approximate surface area is 125 Å². The highest BCUT2D eigenvalue weighted by Crippen LogP contribution is 2.36. The standard InChI is InChI=1S/C16H13NO3S/c1-9-14(16(18)19)17-15(21-9)12-7-8-13(20-2)11-6-4-3-5-10(11)12/h3-8H,1-2H3,(H,18,19). The maximum absolute atomic E-state index is 11.2. The van der Waals surface area contributed by atoms with Gasteiger partial charge in [-0.25, -0.2) is 9.78 Å².